The van der Waals surface area contributed by atoms with Gasteiger partial charge in [-0.05, 0) is 65.0 Å². The van der Waals surface area contributed by atoms with Crippen LogP contribution in [0.25, 0.3) is 0 Å². The van der Waals surface area contributed by atoms with E-state index in [-0.39, 0.29) is 5.54 Å². The topological polar surface area (TPSA) is 29.9 Å². The smallest absolute Gasteiger partial charge is 0.0624 e. The Morgan fingerprint density at radius 2 is 2.05 bits per heavy atom. The third-order valence-corrected chi connectivity index (χ3v) is 4.24. The first-order valence-electron chi connectivity index (χ1n) is 8.23. The normalized spacial score (nSPS) is 18.6. The van der Waals surface area contributed by atoms with Crippen LogP contribution in [0.2, 0.25) is 0 Å². The molecular weight excluding hydrogens is 246 g/mol. The predicted molar refractivity (Wildman–Crippen MR) is 85.0 cm³/mol. The lowest BCUT2D eigenvalue weighted by atomic mass is 10.0. The lowest BCUT2D eigenvalue weighted by Gasteiger charge is -2.23. The molecule has 0 aromatic carbocycles. The van der Waals surface area contributed by atoms with E-state index in [9.17, 15) is 0 Å². The summed E-state index contributed by atoms with van der Waals surface area (Å²) in [4.78, 5) is 0. The van der Waals surface area contributed by atoms with Crippen LogP contribution in [0.1, 0.15) is 71.5 Å². The largest absolute Gasteiger partial charge is 0.312 e. The van der Waals surface area contributed by atoms with Crippen LogP contribution in [-0.4, -0.2) is 21.9 Å². The maximum Gasteiger partial charge on any atom is 0.0624 e. The van der Waals surface area contributed by atoms with Gasteiger partial charge in [0.1, 0.15) is 0 Å². The first-order valence-corrected chi connectivity index (χ1v) is 8.23. The fourth-order valence-corrected chi connectivity index (χ4v) is 2.86. The van der Waals surface area contributed by atoms with E-state index in [1.807, 2.05) is 0 Å². The van der Waals surface area contributed by atoms with E-state index in [0.717, 1.165) is 13.0 Å². The number of nitrogens with one attached hydrogen (secondary N) is 1. The Bertz CT molecular complexity index is 397. The van der Waals surface area contributed by atoms with Gasteiger partial charge in [0.15, 0.2) is 0 Å². The summed E-state index contributed by atoms with van der Waals surface area (Å²) in [6, 6.07) is 2.88. The Morgan fingerprint density at radius 1 is 1.35 bits per heavy atom. The summed E-state index contributed by atoms with van der Waals surface area (Å²) in [6.07, 6.45) is 9.87. The van der Waals surface area contributed by atoms with Crippen molar-refractivity contribution >= 4 is 0 Å². The minimum atomic E-state index is 0.221. The average Bonchev–Trinajstić information content (AvgIpc) is 3.03. The van der Waals surface area contributed by atoms with Crippen LogP contribution in [0.15, 0.2) is 12.3 Å². The second-order valence-electron chi connectivity index (χ2n) is 7.50. The van der Waals surface area contributed by atoms with Gasteiger partial charge in [-0.25, -0.2) is 0 Å². The molecule has 20 heavy (non-hydrogen) atoms. The van der Waals surface area contributed by atoms with Crippen molar-refractivity contribution in [2.75, 3.05) is 6.54 Å². The van der Waals surface area contributed by atoms with E-state index >= 15 is 0 Å². The highest BCUT2D eigenvalue weighted by Crippen LogP contribution is 2.28. The lowest BCUT2D eigenvalue weighted by Crippen LogP contribution is -2.38. The molecule has 1 aliphatic carbocycles. The van der Waals surface area contributed by atoms with Crippen molar-refractivity contribution in [1.29, 1.82) is 0 Å². The van der Waals surface area contributed by atoms with E-state index < -0.39 is 0 Å². The molecule has 1 saturated carbocycles. The van der Waals surface area contributed by atoms with Crippen LogP contribution in [-0.2, 0) is 6.42 Å². The Kier molecular flexibility index (Phi) is 5.25. The molecule has 0 spiro atoms. The van der Waals surface area contributed by atoms with Crippen LogP contribution in [0.4, 0.5) is 0 Å². The molecule has 3 nitrogen and oxygen atoms in total. The first-order chi connectivity index (χ1) is 9.44. The number of aryl methyl sites for hydroxylation is 1. The van der Waals surface area contributed by atoms with E-state index in [2.05, 4.69) is 50.0 Å². The van der Waals surface area contributed by atoms with Crippen LogP contribution in [0.3, 0.4) is 0 Å². The zero-order valence-electron chi connectivity index (χ0n) is 13.7. The molecule has 1 unspecified atom stereocenters. The van der Waals surface area contributed by atoms with Crippen molar-refractivity contribution in [3.05, 3.63) is 18.0 Å². The quantitative estimate of drug-likeness (QED) is 0.853. The van der Waals surface area contributed by atoms with Gasteiger partial charge < -0.3 is 5.32 Å². The standard InChI is InChI=1S/C17H31N3/c1-14(13-18-17(2,3)4)9-10-15-11-12-20(19-15)16-7-5-6-8-16/h11-12,14,16,18H,5-10,13H2,1-4H3. The molecule has 1 atom stereocenters. The van der Waals surface area contributed by atoms with Crippen LogP contribution in [0.5, 0.6) is 0 Å². The molecule has 0 bridgehead atoms. The maximum absolute atomic E-state index is 4.77. The van der Waals surface area contributed by atoms with E-state index in [0.29, 0.717) is 12.0 Å². The van der Waals surface area contributed by atoms with Crippen molar-refractivity contribution < 1.29 is 0 Å². The molecule has 0 aliphatic heterocycles. The number of hydrogen-bond donors (Lipinski definition) is 1. The Balaban J connectivity index is 1.73. The molecule has 0 amide bonds. The molecule has 0 saturated heterocycles. The van der Waals surface area contributed by atoms with Crippen molar-refractivity contribution in [2.24, 2.45) is 5.92 Å². The summed E-state index contributed by atoms with van der Waals surface area (Å²) in [6.45, 7) is 10.1. The molecule has 3 heteroatoms. The van der Waals surface area contributed by atoms with Gasteiger partial charge in [-0.3, -0.25) is 4.68 Å². The molecule has 0 radical (unpaired) electrons. The minimum absolute atomic E-state index is 0.221. The second kappa shape index (κ2) is 6.75. The molecule has 1 N–H and O–H groups in total. The molecule has 2 rings (SSSR count). The highest BCUT2D eigenvalue weighted by Gasteiger charge is 2.17. The number of nitrogens with zero attached hydrogens (tertiary/aromatic N) is 2. The van der Waals surface area contributed by atoms with E-state index in [4.69, 9.17) is 5.10 Å². The van der Waals surface area contributed by atoms with Gasteiger partial charge in [0.25, 0.3) is 0 Å². The Hall–Kier alpha value is -0.830. The molecule has 1 aromatic heterocycles. The zero-order valence-corrected chi connectivity index (χ0v) is 13.7. The summed E-state index contributed by atoms with van der Waals surface area (Å²) in [5.74, 6) is 0.700. The molecule has 1 heterocycles. The van der Waals surface area contributed by atoms with E-state index in [1.54, 1.807) is 0 Å². The SMILES string of the molecule is CC(CCc1ccn(C2CCCC2)n1)CNC(C)(C)C. The average molecular weight is 277 g/mol. The van der Waals surface area contributed by atoms with Crippen molar-refractivity contribution in [1.82, 2.24) is 15.1 Å². The molecule has 1 fully saturated rings. The zero-order chi connectivity index (χ0) is 14.6. The fraction of sp³-hybridized carbons (Fsp3) is 0.824. The van der Waals surface area contributed by atoms with Crippen molar-refractivity contribution in [3.8, 4) is 0 Å². The maximum atomic E-state index is 4.77. The predicted octanol–water partition coefficient (Wildman–Crippen LogP) is 3.96. The lowest BCUT2D eigenvalue weighted by molar-refractivity contribution is 0.371. The Labute approximate surface area is 124 Å². The van der Waals surface area contributed by atoms with Gasteiger partial charge in [0.2, 0.25) is 0 Å². The third-order valence-electron chi connectivity index (χ3n) is 4.24. The third kappa shape index (κ3) is 4.93. The number of hydrogen-bond acceptors (Lipinski definition) is 2. The minimum Gasteiger partial charge on any atom is -0.312 e. The van der Waals surface area contributed by atoms with Gasteiger partial charge in [-0.2, -0.15) is 5.10 Å². The van der Waals surface area contributed by atoms with Gasteiger partial charge in [0, 0.05) is 11.7 Å². The molecule has 1 aromatic rings. The number of rotatable bonds is 6. The van der Waals surface area contributed by atoms with Crippen molar-refractivity contribution in [3.63, 3.8) is 0 Å². The van der Waals surface area contributed by atoms with E-state index in [1.165, 1.54) is 37.8 Å². The highest BCUT2D eigenvalue weighted by atomic mass is 15.3. The summed E-state index contributed by atoms with van der Waals surface area (Å²) in [5.41, 5.74) is 1.48. The fourth-order valence-electron chi connectivity index (χ4n) is 2.86. The van der Waals surface area contributed by atoms with Gasteiger partial charge >= 0.3 is 0 Å². The molecule has 114 valence electrons. The summed E-state index contributed by atoms with van der Waals surface area (Å²) >= 11 is 0. The second-order valence-corrected chi connectivity index (χ2v) is 7.50. The first kappa shape index (κ1) is 15.6. The van der Waals surface area contributed by atoms with Gasteiger partial charge in [0.05, 0.1) is 11.7 Å². The number of aromatic nitrogens is 2. The monoisotopic (exact) mass is 277 g/mol. The molecule has 1 aliphatic rings. The summed E-state index contributed by atoms with van der Waals surface area (Å²) in [5, 5.41) is 8.35. The van der Waals surface area contributed by atoms with Gasteiger partial charge in [-0.1, -0.05) is 19.8 Å². The summed E-state index contributed by atoms with van der Waals surface area (Å²) < 4.78 is 2.21. The Morgan fingerprint density at radius 3 is 2.70 bits per heavy atom. The van der Waals surface area contributed by atoms with Crippen LogP contribution in [0, 0.1) is 5.92 Å². The van der Waals surface area contributed by atoms with Crippen molar-refractivity contribution in [2.45, 2.75) is 77.8 Å². The molecular formula is C17H31N3. The van der Waals surface area contributed by atoms with Crippen LogP contribution >= 0.6 is 0 Å². The summed E-state index contributed by atoms with van der Waals surface area (Å²) in [7, 11) is 0. The van der Waals surface area contributed by atoms with Crippen LogP contribution < -0.4 is 5.32 Å². The highest BCUT2D eigenvalue weighted by molar-refractivity contribution is 5.00. The van der Waals surface area contributed by atoms with Gasteiger partial charge in [-0.15, -0.1) is 0 Å².